The van der Waals surface area contributed by atoms with Gasteiger partial charge in [-0.05, 0) is 30.5 Å². The normalized spacial score (nSPS) is 16.8. The fourth-order valence-electron chi connectivity index (χ4n) is 2.59. The Labute approximate surface area is 125 Å². The molecule has 0 amide bonds. The second kappa shape index (κ2) is 5.44. The van der Waals surface area contributed by atoms with E-state index in [0.717, 1.165) is 22.0 Å². The molecule has 0 aliphatic heterocycles. The van der Waals surface area contributed by atoms with Gasteiger partial charge >= 0.3 is 5.97 Å². The molecule has 6 heteroatoms. The van der Waals surface area contributed by atoms with Crippen LogP contribution in [0.25, 0.3) is 0 Å². The van der Waals surface area contributed by atoms with Crippen LogP contribution >= 0.6 is 11.3 Å². The van der Waals surface area contributed by atoms with Crippen molar-refractivity contribution in [1.82, 2.24) is 4.98 Å². The maximum atomic E-state index is 13.2. The molecule has 1 atom stereocenters. The predicted molar refractivity (Wildman–Crippen MR) is 79.3 cm³/mol. The van der Waals surface area contributed by atoms with E-state index in [0.29, 0.717) is 18.7 Å². The minimum absolute atomic E-state index is 0.256. The Morgan fingerprint density at radius 1 is 1.57 bits per heavy atom. The van der Waals surface area contributed by atoms with Gasteiger partial charge in [-0.1, -0.05) is 12.1 Å². The average molecular weight is 306 g/mol. The fraction of sp³-hybridized carbons (Fsp3) is 0.333. The molecule has 1 aromatic carbocycles. The molecule has 1 aliphatic rings. The number of hydrogen-bond acceptors (Lipinski definition) is 4. The number of anilines is 1. The average Bonchev–Trinajstić information content (AvgIpc) is 2.97. The monoisotopic (exact) mass is 306 g/mol. The van der Waals surface area contributed by atoms with Crippen LogP contribution in [-0.2, 0) is 17.8 Å². The van der Waals surface area contributed by atoms with Gasteiger partial charge in [-0.3, -0.25) is 4.79 Å². The minimum atomic E-state index is -0.807. The Morgan fingerprint density at radius 3 is 3.10 bits per heavy atom. The third-order valence-corrected chi connectivity index (χ3v) is 4.89. The number of nitrogens with zero attached hydrogens (tertiary/aromatic N) is 2. The molecule has 4 nitrogen and oxygen atoms in total. The van der Waals surface area contributed by atoms with Gasteiger partial charge in [-0.15, -0.1) is 11.3 Å². The first-order valence-corrected chi connectivity index (χ1v) is 7.54. The highest BCUT2D eigenvalue weighted by molar-refractivity contribution is 7.15. The lowest BCUT2D eigenvalue weighted by Crippen LogP contribution is -2.17. The van der Waals surface area contributed by atoms with E-state index in [-0.39, 0.29) is 5.82 Å². The molecule has 0 fully saturated rings. The van der Waals surface area contributed by atoms with E-state index in [1.807, 2.05) is 18.0 Å². The Morgan fingerprint density at radius 2 is 2.38 bits per heavy atom. The van der Waals surface area contributed by atoms with E-state index < -0.39 is 11.9 Å². The number of halogens is 1. The first-order valence-electron chi connectivity index (χ1n) is 6.72. The highest BCUT2D eigenvalue weighted by Gasteiger charge is 2.32. The number of benzene rings is 1. The molecule has 21 heavy (non-hydrogen) atoms. The van der Waals surface area contributed by atoms with Crippen molar-refractivity contribution in [3.8, 4) is 0 Å². The van der Waals surface area contributed by atoms with E-state index in [9.17, 15) is 14.3 Å². The van der Waals surface area contributed by atoms with E-state index in [1.165, 1.54) is 23.5 Å². The molecule has 1 unspecified atom stereocenters. The Bertz CT molecular complexity index is 686. The smallest absolute Gasteiger partial charge is 0.312 e. The van der Waals surface area contributed by atoms with Crippen LogP contribution in [0, 0.1) is 5.82 Å². The SMILES string of the molecule is CN(Cc1cccc(F)c1)c1nc2c(s1)CCC2C(=O)O. The number of hydrogen-bond donors (Lipinski definition) is 1. The lowest BCUT2D eigenvalue weighted by molar-refractivity contribution is -0.138. The van der Waals surface area contributed by atoms with Crippen LogP contribution in [0.2, 0.25) is 0 Å². The molecule has 2 aromatic rings. The number of carboxylic acid groups (broad SMARTS) is 1. The van der Waals surface area contributed by atoms with Gasteiger partial charge in [0.05, 0.1) is 5.69 Å². The molecule has 1 aliphatic carbocycles. The van der Waals surface area contributed by atoms with Gasteiger partial charge < -0.3 is 10.0 Å². The van der Waals surface area contributed by atoms with Gasteiger partial charge in [-0.25, -0.2) is 9.37 Å². The number of aromatic nitrogens is 1. The Balaban J connectivity index is 1.79. The summed E-state index contributed by atoms with van der Waals surface area (Å²) in [6.07, 6.45) is 1.41. The van der Waals surface area contributed by atoms with Crippen LogP contribution in [0.4, 0.5) is 9.52 Å². The summed E-state index contributed by atoms with van der Waals surface area (Å²) in [5.74, 6) is -1.54. The van der Waals surface area contributed by atoms with Crippen molar-refractivity contribution in [1.29, 1.82) is 0 Å². The number of carbonyl (C=O) groups is 1. The summed E-state index contributed by atoms with van der Waals surface area (Å²) in [5.41, 5.74) is 1.57. The summed E-state index contributed by atoms with van der Waals surface area (Å²) < 4.78 is 13.2. The van der Waals surface area contributed by atoms with Gasteiger partial charge in [0.2, 0.25) is 0 Å². The van der Waals surface area contributed by atoms with E-state index in [4.69, 9.17) is 0 Å². The first-order chi connectivity index (χ1) is 10.0. The maximum absolute atomic E-state index is 13.2. The summed E-state index contributed by atoms with van der Waals surface area (Å²) in [4.78, 5) is 18.6. The number of aryl methyl sites for hydroxylation is 1. The largest absolute Gasteiger partial charge is 0.481 e. The van der Waals surface area contributed by atoms with Crippen molar-refractivity contribution in [2.24, 2.45) is 0 Å². The third-order valence-electron chi connectivity index (χ3n) is 3.64. The third kappa shape index (κ3) is 2.76. The van der Waals surface area contributed by atoms with Crippen molar-refractivity contribution in [2.75, 3.05) is 11.9 Å². The molecule has 1 heterocycles. The number of thiazole rings is 1. The zero-order valence-corrected chi connectivity index (χ0v) is 12.4. The fourth-order valence-corrected chi connectivity index (χ4v) is 3.69. The zero-order valence-electron chi connectivity index (χ0n) is 11.5. The number of carboxylic acids is 1. The van der Waals surface area contributed by atoms with Gasteiger partial charge in [0.1, 0.15) is 11.7 Å². The molecule has 110 valence electrons. The molecular weight excluding hydrogens is 291 g/mol. The van der Waals surface area contributed by atoms with Crippen LogP contribution in [0.5, 0.6) is 0 Å². The quantitative estimate of drug-likeness (QED) is 0.943. The van der Waals surface area contributed by atoms with Crippen LogP contribution in [-0.4, -0.2) is 23.1 Å². The number of rotatable bonds is 4. The maximum Gasteiger partial charge on any atom is 0.312 e. The van der Waals surface area contributed by atoms with Crippen molar-refractivity contribution in [3.63, 3.8) is 0 Å². The van der Waals surface area contributed by atoms with Crippen molar-refractivity contribution >= 4 is 22.4 Å². The van der Waals surface area contributed by atoms with Gasteiger partial charge in [0, 0.05) is 18.5 Å². The standard InChI is InChI=1S/C15H15FN2O2S/c1-18(8-9-3-2-4-10(16)7-9)15-17-13-11(14(19)20)5-6-12(13)21-15/h2-4,7,11H,5-6,8H2,1H3,(H,19,20). The van der Waals surface area contributed by atoms with Crippen molar-refractivity contribution < 1.29 is 14.3 Å². The van der Waals surface area contributed by atoms with Gasteiger partial charge in [0.15, 0.2) is 5.13 Å². The zero-order chi connectivity index (χ0) is 15.0. The lowest BCUT2D eigenvalue weighted by Gasteiger charge is -2.16. The molecular formula is C15H15FN2O2S. The summed E-state index contributed by atoms with van der Waals surface area (Å²) in [7, 11) is 1.88. The minimum Gasteiger partial charge on any atom is -0.481 e. The highest BCUT2D eigenvalue weighted by Crippen LogP contribution is 2.39. The van der Waals surface area contributed by atoms with Crippen LogP contribution in [0.1, 0.15) is 28.5 Å². The lowest BCUT2D eigenvalue weighted by atomic mass is 10.1. The molecule has 0 saturated carbocycles. The summed E-state index contributed by atoms with van der Waals surface area (Å²) in [5, 5.41) is 9.97. The van der Waals surface area contributed by atoms with E-state index >= 15 is 0 Å². The predicted octanol–water partition coefficient (Wildman–Crippen LogP) is 3.03. The van der Waals surface area contributed by atoms with Crippen molar-refractivity contribution in [3.05, 3.63) is 46.2 Å². The number of aliphatic carboxylic acids is 1. The summed E-state index contributed by atoms with van der Waals surface area (Å²) >= 11 is 1.53. The topological polar surface area (TPSA) is 53.4 Å². The molecule has 0 spiro atoms. The summed E-state index contributed by atoms with van der Waals surface area (Å²) in [6.45, 7) is 0.544. The van der Waals surface area contributed by atoms with E-state index in [1.54, 1.807) is 6.07 Å². The van der Waals surface area contributed by atoms with Crippen LogP contribution in [0.3, 0.4) is 0 Å². The molecule has 1 N–H and O–H groups in total. The van der Waals surface area contributed by atoms with E-state index in [2.05, 4.69) is 4.98 Å². The second-order valence-electron chi connectivity index (χ2n) is 5.22. The Kier molecular flexibility index (Phi) is 3.63. The second-order valence-corrected chi connectivity index (χ2v) is 6.28. The highest BCUT2D eigenvalue weighted by atomic mass is 32.1. The molecule has 0 saturated heterocycles. The number of fused-ring (bicyclic) bond motifs is 1. The summed E-state index contributed by atoms with van der Waals surface area (Å²) in [6, 6.07) is 6.46. The first kappa shape index (κ1) is 14.0. The molecule has 3 rings (SSSR count). The van der Waals surface area contributed by atoms with Gasteiger partial charge in [-0.2, -0.15) is 0 Å². The van der Waals surface area contributed by atoms with Crippen LogP contribution in [0.15, 0.2) is 24.3 Å². The molecule has 0 radical (unpaired) electrons. The Hall–Kier alpha value is -1.95. The molecule has 1 aromatic heterocycles. The van der Waals surface area contributed by atoms with Gasteiger partial charge in [0.25, 0.3) is 0 Å². The van der Waals surface area contributed by atoms with Crippen LogP contribution < -0.4 is 4.90 Å². The molecule has 0 bridgehead atoms. The van der Waals surface area contributed by atoms with Crippen molar-refractivity contribution in [2.45, 2.75) is 25.3 Å².